The monoisotopic (exact) mass is 438 g/mol. The molecular formula is C20H23ClN2O5S. The van der Waals surface area contributed by atoms with Gasteiger partial charge in [-0.3, -0.25) is 9.10 Å². The number of benzene rings is 2. The summed E-state index contributed by atoms with van der Waals surface area (Å²) in [5, 5.41) is 3.11. The Morgan fingerprint density at radius 1 is 1.10 bits per heavy atom. The van der Waals surface area contributed by atoms with Gasteiger partial charge in [-0.25, -0.2) is 13.2 Å². The summed E-state index contributed by atoms with van der Waals surface area (Å²) in [5.74, 6) is -1.14. The number of ether oxygens (including phenoxy) is 1. The Kier molecular flexibility index (Phi) is 7.64. The third kappa shape index (κ3) is 5.71. The Hall–Kier alpha value is -2.58. The van der Waals surface area contributed by atoms with E-state index < -0.39 is 27.9 Å². The summed E-state index contributed by atoms with van der Waals surface area (Å²) in [4.78, 5) is 25.1. The number of para-hydroxylation sites is 1. The Morgan fingerprint density at radius 2 is 1.72 bits per heavy atom. The molecule has 2 aromatic carbocycles. The van der Waals surface area contributed by atoms with E-state index in [4.69, 9.17) is 16.3 Å². The number of carbonyl (C=O) groups is 2. The predicted octanol–water partition coefficient (Wildman–Crippen LogP) is 3.70. The minimum Gasteiger partial charge on any atom is -0.462 e. The van der Waals surface area contributed by atoms with Gasteiger partial charge in [-0.1, -0.05) is 30.7 Å². The number of halogens is 1. The maximum absolute atomic E-state index is 13.0. The molecule has 2 aromatic rings. The van der Waals surface area contributed by atoms with E-state index in [0.717, 1.165) is 10.6 Å². The van der Waals surface area contributed by atoms with Crippen molar-refractivity contribution in [2.24, 2.45) is 0 Å². The van der Waals surface area contributed by atoms with Crippen molar-refractivity contribution in [2.75, 3.05) is 22.5 Å². The molecule has 1 atom stereocenters. The molecule has 1 amide bonds. The topological polar surface area (TPSA) is 92.8 Å². The Bertz CT molecular complexity index is 977. The summed E-state index contributed by atoms with van der Waals surface area (Å²) >= 11 is 5.90. The molecule has 0 fully saturated rings. The molecule has 156 valence electrons. The van der Waals surface area contributed by atoms with E-state index in [1.165, 1.54) is 18.2 Å². The summed E-state index contributed by atoms with van der Waals surface area (Å²) in [6, 6.07) is 11.5. The highest BCUT2D eigenvalue weighted by Gasteiger charge is 2.32. The van der Waals surface area contributed by atoms with E-state index in [1.807, 2.05) is 0 Å². The van der Waals surface area contributed by atoms with Crippen LogP contribution in [0.25, 0.3) is 0 Å². The van der Waals surface area contributed by atoms with Crippen LogP contribution in [0.3, 0.4) is 0 Å². The van der Waals surface area contributed by atoms with Crippen LogP contribution in [0, 0.1) is 0 Å². The molecule has 29 heavy (non-hydrogen) atoms. The van der Waals surface area contributed by atoms with Gasteiger partial charge in [0.2, 0.25) is 15.9 Å². The van der Waals surface area contributed by atoms with E-state index in [0.29, 0.717) is 10.7 Å². The number of carbonyl (C=O) groups excluding carboxylic acids is 2. The van der Waals surface area contributed by atoms with Gasteiger partial charge in [0, 0.05) is 5.02 Å². The van der Waals surface area contributed by atoms with E-state index >= 15 is 0 Å². The van der Waals surface area contributed by atoms with Crippen LogP contribution in [0.5, 0.6) is 0 Å². The maximum Gasteiger partial charge on any atom is 0.340 e. The van der Waals surface area contributed by atoms with Crippen molar-refractivity contribution >= 4 is 44.9 Å². The van der Waals surface area contributed by atoms with Crippen LogP contribution in [-0.2, 0) is 19.6 Å². The lowest BCUT2D eigenvalue weighted by atomic mass is 10.1. The molecule has 0 aromatic heterocycles. The van der Waals surface area contributed by atoms with Gasteiger partial charge in [0.25, 0.3) is 0 Å². The molecular weight excluding hydrogens is 416 g/mol. The molecule has 0 aliphatic rings. The van der Waals surface area contributed by atoms with Gasteiger partial charge in [0.05, 0.1) is 29.8 Å². The molecule has 1 N–H and O–H groups in total. The van der Waals surface area contributed by atoms with Crippen LogP contribution in [0.2, 0.25) is 5.02 Å². The van der Waals surface area contributed by atoms with Gasteiger partial charge in [-0.05, 0) is 49.7 Å². The number of nitrogens with zero attached hydrogens (tertiary/aromatic N) is 1. The van der Waals surface area contributed by atoms with Crippen molar-refractivity contribution in [1.29, 1.82) is 0 Å². The van der Waals surface area contributed by atoms with Crippen LogP contribution >= 0.6 is 11.6 Å². The molecule has 0 unspecified atom stereocenters. The third-order valence-corrected chi connectivity index (χ3v) is 5.52. The third-order valence-electron chi connectivity index (χ3n) is 4.09. The molecule has 0 radical (unpaired) electrons. The average Bonchev–Trinajstić information content (AvgIpc) is 2.66. The van der Waals surface area contributed by atoms with Crippen LogP contribution in [0.15, 0.2) is 48.5 Å². The normalized spacial score (nSPS) is 12.1. The molecule has 7 nitrogen and oxygen atoms in total. The van der Waals surface area contributed by atoms with Gasteiger partial charge >= 0.3 is 5.97 Å². The van der Waals surface area contributed by atoms with Crippen LogP contribution in [0.1, 0.15) is 30.6 Å². The van der Waals surface area contributed by atoms with E-state index in [9.17, 15) is 18.0 Å². The second kappa shape index (κ2) is 9.76. The fraction of sp³-hybridized carbons (Fsp3) is 0.300. The number of anilines is 2. The minimum absolute atomic E-state index is 0.190. The Morgan fingerprint density at radius 3 is 2.28 bits per heavy atom. The summed E-state index contributed by atoms with van der Waals surface area (Å²) in [6.45, 7) is 3.58. The molecule has 0 saturated carbocycles. The smallest absolute Gasteiger partial charge is 0.340 e. The Balaban J connectivity index is 2.39. The predicted molar refractivity (Wildman–Crippen MR) is 114 cm³/mol. The minimum atomic E-state index is -3.78. The molecule has 0 bridgehead atoms. The van der Waals surface area contributed by atoms with Crippen molar-refractivity contribution in [3.8, 4) is 0 Å². The molecule has 0 aliphatic carbocycles. The van der Waals surface area contributed by atoms with Crippen LogP contribution in [0.4, 0.5) is 11.4 Å². The summed E-state index contributed by atoms with van der Waals surface area (Å²) < 4.78 is 31.0. The second-order valence-corrected chi connectivity index (χ2v) is 8.51. The van der Waals surface area contributed by atoms with Gasteiger partial charge < -0.3 is 10.1 Å². The van der Waals surface area contributed by atoms with E-state index in [2.05, 4.69) is 5.32 Å². The highest BCUT2D eigenvalue weighted by Crippen LogP contribution is 2.25. The van der Waals surface area contributed by atoms with Crippen molar-refractivity contribution < 1.29 is 22.7 Å². The maximum atomic E-state index is 13.0. The standard InChI is InChI=1S/C20H23ClN2O5S/c1-4-18(23(29(3,26)27)15-12-10-14(21)11-13-15)19(24)22-17-9-7-6-8-16(17)20(25)28-5-2/h6-13,18H,4-5H2,1-3H3,(H,22,24)/t18-/m0/s1. The molecule has 0 aliphatic heterocycles. The molecule has 0 spiro atoms. The van der Waals surface area contributed by atoms with Gasteiger partial charge in [0.15, 0.2) is 0 Å². The van der Waals surface area contributed by atoms with Crippen molar-refractivity contribution in [3.63, 3.8) is 0 Å². The first-order chi connectivity index (χ1) is 13.7. The van der Waals surface area contributed by atoms with Gasteiger partial charge in [-0.2, -0.15) is 0 Å². The average molecular weight is 439 g/mol. The zero-order chi connectivity index (χ0) is 21.6. The molecule has 0 heterocycles. The fourth-order valence-electron chi connectivity index (χ4n) is 2.84. The first-order valence-corrected chi connectivity index (χ1v) is 11.2. The lowest BCUT2D eigenvalue weighted by Gasteiger charge is -2.30. The number of rotatable bonds is 8. The lowest BCUT2D eigenvalue weighted by molar-refractivity contribution is -0.117. The fourth-order valence-corrected chi connectivity index (χ4v) is 4.18. The van der Waals surface area contributed by atoms with E-state index in [1.54, 1.807) is 44.2 Å². The number of hydrogen-bond acceptors (Lipinski definition) is 5. The van der Waals surface area contributed by atoms with Gasteiger partial charge in [-0.15, -0.1) is 0 Å². The summed E-state index contributed by atoms with van der Waals surface area (Å²) in [5.41, 5.74) is 0.756. The number of nitrogens with one attached hydrogen (secondary N) is 1. The first-order valence-electron chi connectivity index (χ1n) is 9.01. The van der Waals surface area contributed by atoms with Crippen molar-refractivity contribution in [1.82, 2.24) is 0 Å². The summed E-state index contributed by atoms with van der Waals surface area (Å²) in [6.07, 6.45) is 1.24. The quantitative estimate of drug-likeness (QED) is 0.634. The largest absolute Gasteiger partial charge is 0.462 e. The highest BCUT2D eigenvalue weighted by atomic mass is 35.5. The zero-order valence-electron chi connectivity index (χ0n) is 16.4. The number of hydrogen-bond donors (Lipinski definition) is 1. The second-order valence-electron chi connectivity index (χ2n) is 6.21. The first kappa shape index (κ1) is 22.7. The van der Waals surface area contributed by atoms with Crippen LogP contribution < -0.4 is 9.62 Å². The Labute approximate surface area is 175 Å². The van der Waals surface area contributed by atoms with Crippen LogP contribution in [-0.4, -0.2) is 39.2 Å². The number of sulfonamides is 1. The zero-order valence-corrected chi connectivity index (χ0v) is 18.0. The molecule has 9 heteroatoms. The van der Waals surface area contributed by atoms with Gasteiger partial charge in [0.1, 0.15) is 6.04 Å². The lowest BCUT2D eigenvalue weighted by Crippen LogP contribution is -2.47. The number of esters is 1. The number of amides is 1. The van der Waals surface area contributed by atoms with Crippen molar-refractivity contribution in [2.45, 2.75) is 26.3 Å². The van der Waals surface area contributed by atoms with Crippen molar-refractivity contribution in [3.05, 3.63) is 59.1 Å². The van der Waals surface area contributed by atoms with E-state index in [-0.39, 0.29) is 24.3 Å². The molecule has 2 rings (SSSR count). The molecule has 0 saturated heterocycles. The summed E-state index contributed by atoms with van der Waals surface area (Å²) in [7, 11) is -3.78. The highest BCUT2D eigenvalue weighted by molar-refractivity contribution is 7.92. The SMILES string of the molecule is CCOC(=O)c1ccccc1NC(=O)[C@H](CC)N(c1ccc(Cl)cc1)S(C)(=O)=O.